The lowest BCUT2D eigenvalue weighted by Gasteiger charge is -2.34. The number of carbonyl (C=O) groups excluding carboxylic acids is 2. The Morgan fingerprint density at radius 1 is 1.06 bits per heavy atom. The Hall–Kier alpha value is -3.75. The average molecular weight is 452 g/mol. The Bertz CT molecular complexity index is 1150. The Kier molecular flexibility index (Phi) is 6.67. The van der Waals surface area contributed by atoms with Crippen molar-refractivity contribution in [3.63, 3.8) is 0 Å². The molecule has 9 heteroatoms. The summed E-state index contributed by atoms with van der Waals surface area (Å²) in [5.74, 6) is 0.414. The summed E-state index contributed by atoms with van der Waals surface area (Å²) in [7, 11) is 0. The van der Waals surface area contributed by atoms with Gasteiger partial charge in [0.05, 0.1) is 0 Å². The van der Waals surface area contributed by atoms with Crippen molar-refractivity contribution in [2.75, 3.05) is 31.5 Å². The summed E-state index contributed by atoms with van der Waals surface area (Å²) in [6.45, 7) is 5.54. The molecule has 1 saturated heterocycles. The van der Waals surface area contributed by atoms with E-state index >= 15 is 0 Å². The first-order valence-electron chi connectivity index (χ1n) is 10.9. The molecule has 0 bridgehead atoms. The molecule has 1 aromatic heterocycles. The zero-order valence-electron chi connectivity index (χ0n) is 18.7. The van der Waals surface area contributed by atoms with E-state index in [1.165, 1.54) is 6.07 Å². The molecule has 4 rings (SSSR count). The number of hydrogen-bond donors (Lipinski definition) is 1. The number of hydrogen-bond acceptors (Lipinski definition) is 5. The summed E-state index contributed by atoms with van der Waals surface area (Å²) in [6.07, 6.45) is 0.555. The molecule has 0 aliphatic carbocycles. The molecule has 0 radical (unpaired) electrons. The van der Waals surface area contributed by atoms with Gasteiger partial charge in [-0.15, -0.1) is 0 Å². The first-order chi connectivity index (χ1) is 15.9. The van der Waals surface area contributed by atoms with Crippen molar-refractivity contribution in [2.24, 2.45) is 0 Å². The van der Waals surface area contributed by atoms with Crippen LogP contribution in [0.1, 0.15) is 23.4 Å². The first kappa shape index (κ1) is 22.4. The van der Waals surface area contributed by atoms with Crippen LogP contribution in [0.2, 0.25) is 0 Å². The largest absolute Gasteiger partial charge is 0.339 e. The van der Waals surface area contributed by atoms with Crippen LogP contribution in [0.3, 0.4) is 0 Å². The van der Waals surface area contributed by atoms with Gasteiger partial charge in [-0.1, -0.05) is 17.3 Å². The van der Waals surface area contributed by atoms with Crippen LogP contribution in [-0.2, 0) is 11.2 Å². The van der Waals surface area contributed by atoms with Gasteiger partial charge in [-0.3, -0.25) is 4.79 Å². The molecule has 8 nitrogen and oxygen atoms in total. The fourth-order valence-corrected chi connectivity index (χ4v) is 3.71. The Balaban J connectivity index is 1.24. The fraction of sp³-hybridized carbons (Fsp3) is 0.333. The van der Waals surface area contributed by atoms with Gasteiger partial charge in [0.15, 0.2) is 0 Å². The normalized spacial score (nSPS) is 13.8. The van der Waals surface area contributed by atoms with Crippen LogP contribution in [0.4, 0.5) is 14.9 Å². The summed E-state index contributed by atoms with van der Waals surface area (Å²) in [6, 6.07) is 12.1. The van der Waals surface area contributed by atoms with Gasteiger partial charge in [0.25, 0.3) is 0 Å². The number of aromatic nitrogens is 2. The number of halogens is 1. The van der Waals surface area contributed by atoms with Crippen LogP contribution in [0.25, 0.3) is 11.4 Å². The molecular formula is C24H26FN5O3. The molecule has 33 heavy (non-hydrogen) atoms. The van der Waals surface area contributed by atoms with Crippen LogP contribution < -0.4 is 5.32 Å². The van der Waals surface area contributed by atoms with Crippen molar-refractivity contribution >= 4 is 17.6 Å². The van der Waals surface area contributed by atoms with Crippen LogP contribution >= 0.6 is 0 Å². The molecular weight excluding hydrogens is 425 g/mol. The van der Waals surface area contributed by atoms with Gasteiger partial charge >= 0.3 is 6.03 Å². The van der Waals surface area contributed by atoms with Crippen LogP contribution in [0, 0.1) is 19.7 Å². The van der Waals surface area contributed by atoms with Gasteiger partial charge in [0.1, 0.15) is 5.82 Å². The molecule has 2 heterocycles. The van der Waals surface area contributed by atoms with Crippen molar-refractivity contribution in [1.29, 1.82) is 0 Å². The van der Waals surface area contributed by atoms with Gasteiger partial charge in [0.2, 0.25) is 17.6 Å². The van der Waals surface area contributed by atoms with Gasteiger partial charge in [-0.05, 0) is 55.3 Å². The molecule has 3 aromatic rings. The van der Waals surface area contributed by atoms with E-state index in [1.54, 1.807) is 28.9 Å². The molecule has 1 aliphatic heterocycles. The maximum absolute atomic E-state index is 13.5. The van der Waals surface area contributed by atoms with E-state index in [0.717, 1.165) is 11.3 Å². The fourth-order valence-electron chi connectivity index (χ4n) is 3.71. The van der Waals surface area contributed by atoms with E-state index in [1.807, 2.05) is 31.2 Å². The van der Waals surface area contributed by atoms with Crippen molar-refractivity contribution in [1.82, 2.24) is 19.9 Å². The predicted molar refractivity (Wildman–Crippen MR) is 121 cm³/mol. The molecule has 3 amide bonds. The highest BCUT2D eigenvalue weighted by Gasteiger charge is 2.24. The Morgan fingerprint density at radius 2 is 1.82 bits per heavy atom. The quantitative estimate of drug-likeness (QED) is 0.637. The standard InChI is InChI=1S/C24H26FN5O3/c1-16-4-3-5-19(14-16)26-24(32)30-12-10-29(11-13-30)22(31)9-8-21-27-23(28-33-21)18-6-7-20(25)17(2)15-18/h3-7,14-15H,8-13H2,1-2H3,(H,26,32). The lowest BCUT2D eigenvalue weighted by atomic mass is 10.1. The minimum atomic E-state index is -0.291. The number of piperazine rings is 1. The lowest BCUT2D eigenvalue weighted by molar-refractivity contribution is -0.132. The second kappa shape index (κ2) is 9.81. The van der Waals surface area contributed by atoms with Gasteiger partial charge in [-0.25, -0.2) is 9.18 Å². The summed E-state index contributed by atoms with van der Waals surface area (Å²) in [4.78, 5) is 32.9. The molecule has 0 atom stereocenters. The highest BCUT2D eigenvalue weighted by Crippen LogP contribution is 2.20. The molecule has 0 spiro atoms. The van der Waals surface area contributed by atoms with Crippen LogP contribution in [0.15, 0.2) is 47.0 Å². The predicted octanol–water partition coefficient (Wildman–Crippen LogP) is 3.80. The number of benzene rings is 2. The van der Waals surface area contributed by atoms with E-state index < -0.39 is 0 Å². The number of amides is 3. The van der Waals surface area contributed by atoms with E-state index in [2.05, 4.69) is 15.5 Å². The third kappa shape index (κ3) is 5.54. The number of nitrogens with one attached hydrogen (secondary N) is 1. The summed E-state index contributed by atoms with van der Waals surface area (Å²) < 4.78 is 18.7. The summed E-state index contributed by atoms with van der Waals surface area (Å²) in [5.41, 5.74) is 2.99. The third-order valence-corrected chi connectivity index (χ3v) is 5.63. The molecule has 1 N–H and O–H groups in total. The summed E-state index contributed by atoms with van der Waals surface area (Å²) >= 11 is 0. The van der Waals surface area contributed by atoms with E-state index in [9.17, 15) is 14.0 Å². The van der Waals surface area contributed by atoms with Crippen molar-refractivity contribution in [3.05, 3.63) is 65.3 Å². The second-order valence-corrected chi connectivity index (χ2v) is 8.14. The van der Waals surface area contributed by atoms with Crippen LogP contribution in [-0.4, -0.2) is 58.1 Å². The number of urea groups is 1. The molecule has 2 aromatic carbocycles. The smallest absolute Gasteiger partial charge is 0.321 e. The Labute approximate surface area is 191 Å². The van der Waals surface area contributed by atoms with Gasteiger partial charge < -0.3 is 19.6 Å². The van der Waals surface area contributed by atoms with E-state index in [4.69, 9.17) is 4.52 Å². The Morgan fingerprint density at radius 3 is 2.55 bits per heavy atom. The summed E-state index contributed by atoms with van der Waals surface area (Å²) in [5, 5.41) is 6.83. The number of aryl methyl sites for hydroxylation is 3. The molecule has 1 fully saturated rings. The first-order valence-corrected chi connectivity index (χ1v) is 10.9. The molecule has 1 aliphatic rings. The monoisotopic (exact) mass is 451 g/mol. The molecule has 0 unspecified atom stereocenters. The molecule has 0 saturated carbocycles. The van der Waals surface area contributed by atoms with E-state index in [0.29, 0.717) is 55.4 Å². The zero-order valence-corrected chi connectivity index (χ0v) is 18.7. The minimum absolute atomic E-state index is 0.0221. The number of anilines is 1. The molecule has 172 valence electrons. The maximum atomic E-state index is 13.5. The van der Waals surface area contributed by atoms with Crippen molar-refractivity contribution in [2.45, 2.75) is 26.7 Å². The topological polar surface area (TPSA) is 91.6 Å². The van der Waals surface area contributed by atoms with Gasteiger partial charge in [0, 0.05) is 50.3 Å². The minimum Gasteiger partial charge on any atom is -0.339 e. The van der Waals surface area contributed by atoms with E-state index in [-0.39, 0.29) is 24.2 Å². The number of rotatable bonds is 5. The maximum Gasteiger partial charge on any atom is 0.321 e. The van der Waals surface area contributed by atoms with Crippen LogP contribution in [0.5, 0.6) is 0 Å². The van der Waals surface area contributed by atoms with Gasteiger partial charge in [-0.2, -0.15) is 4.98 Å². The number of nitrogens with zero attached hydrogens (tertiary/aromatic N) is 4. The second-order valence-electron chi connectivity index (χ2n) is 8.14. The number of carbonyl (C=O) groups is 2. The highest BCUT2D eigenvalue weighted by molar-refractivity contribution is 5.89. The highest BCUT2D eigenvalue weighted by atomic mass is 19.1. The lowest BCUT2D eigenvalue weighted by Crippen LogP contribution is -2.51. The zero-order chi connectivity index (χ0) is 23.4. The van der Waals surface area contributed by atoms with Crippen molar-refractivity contribution < 1.29 is 18.5 Å². The third-order valence-electron chi connectivity index (χ3n) is 5.63. The van der Waals surface area contributed by atoms with Crippen molar-refractivity contribution in [3.8, 4) is 11.4 Å². The SMILES string of the molecule is Cc1cccc(NC(=O)N2CCN(C(=O)CCc3nc(-c4ccc(F)c(C)c4)no3)CC2)c1. The average Bonchev–Trinajstić information content (AvgIpc) is 3.28.